The highest BCUT2D eigenvalue weighted by atomic mass is 35.5. The summed E-state index contributed by atoms with van der Waals surface area (Å²) in [5.74, 6) is 0.651. The molecular formula is C23H23ClF3N3S. The highest BCUT2D eigenvalue weighted by Crippen LogP contribution is 2.43. The molecule has 0 aromatic heterocycles. The molecule has 0 N–H and O–H groups in total. The molecule has 0 aliphatic carbocycles. The lowest BCUT2D eigenvalue weighted by molar-refractivity contribution is -0.137. The summed E-state index contributed by atoms with van der Waals surface area (Å²) in [5, 5.41) is 0.594. The Morgan fingerprint density at radius 2 is 1.71 bits per heavy atom. The molecule has 1 atom stereocenters. The SMILES string of the molecule is CC1(C)C(=S)N(c2cccc(C(F)(F)F)c2)C(=Nc2ccc(Cl)cc2)[C@H]1N1CCCC1. The summed E-state index contributed by atoms with van der Waals surface area (Å²) < 4.78 is 40.2. The number of nitrogens with zero attached hydrogens (tertiary/aromatic N) is 3. The Morgan fingerprint density at radius 1 is 1.06 bits per heavy atom. The maximum atomic E-state index is 13.4. The van der Waals surface area contributed by atoms with Gasteiger partial charge in [0, 0.05) is 16.1 Å². The average molecular weight is 466 g/mol. The third-order valence-corrected chi connectivity index (χ3v) is 6.88. The Balaban J connectivity index is 1.87. The maximum Gasteiger partial charge on any atom is 0.416 e. The van der Waals surface area contributed by atoms with E-state index in [4.69, 9.17) is 28.8 Å². The molecule has 0 unspecified atom stereocenters. The predicted octanol–water partition coefficient (Wildman–Crippen LogP) is 6.73. The van der Waals surface area contributed by atoms with E-state index in [0.717, 1.165) is 38.1 Å². The van der Waals surface area contributed by atoms with Gasteiger partial charge in [0.2, 0.25) is 0 Å². The quantitative estimate of drug-likeness (QED) is 0.468. The van der Waals surface area contributed by atoms with Gasteiger partial charge in [-0.15, -0.1) is 0 Å². The van der Waals surface area contributed by atoms with Crippen LogP contribution in [0.4, 0.5) is 24.5 Å². The fourth-order valence-corrected chi connectivity index (χ4v) is 4.84. The first-order valence-corrected chi connectivity index (χ1v) is 11.0. The molecule has 4 rings (SSSR count). The molecule has 8 heteroatoms. The van der Waals surface area contributed by atoms with Gasteiger partial charge in [-0.3, -0.25) is 9.80 Å². The number of anilines is 1. The average Bonchev–Trinajstić information content (AvgIpc) is 3.29. The van der Waals surface area contributed by atoms with Crippen LogP contribution >= 0.6 is 23.8 Å². The summed E-state index contributed by atoms with van der Waals surface area (Å²) in [5.41, 5.74) is -0.122. The van der Waals surface area contributed by atoms with Gasteiger partial charge in [0.1, 0.15) is 5.84 Å². The van der Waals surface area contributed by atoms with Gasteiger partial charge in [-0.05, 0) is 68.4 Å². The number of hydrogen-bond acceptors (Lipinski definition) is 3. The van der Waals surface area contributed by atoms with E-state index in [0.29, 0.717) is 27.2 Å². The molecular weight excluding hydrogens is 443 g/mol. The van der Waals surface area contributed by atoms with Crippen LogP contribution in [-0.4, -0.2) is 34.9 Å². The van der Waals surface area contributed by atoms with Crippen LogP contribution in [0.1, 0.15) is 32.3 Å². The van der Waals surface area contributed by atoms with Gasteiger partial charge in [-0.1, -0.05) is 43.7 Å². The number of amidine groups is 1. The molecule has 0 bridgehead atoms. The molecule has 0 radical (unpaired) electrons. The summed E-state index contributed by atoms with van der Waals surface area (Å²) in [6.45, 7) is 5.91. The minimum atomic E-state index is -4.44. The number of thiocarbonyl (C=S) groups is 1. The molecule has 2 aromatic carbocycles. The van der Waals surface area contributed by atoms with Gasteiger partial charge in [0.25, 0.3) is 0 Å². The Kier molecular flexibility index (Phi) is 5.87. The highest BCUT2D eigenvalue weighted by molar-refractivity contribution is 7.80. The lowest BCUT2D eigenvalue weighted by atomic mass is 9.86. The molecule has 0 spiro atoms. The third-order valence-electron chi connectivity index (χ3n) is 5.92. The van der Waals surface area contributed by atoms with Crippen LogP contribution in [0.25, 0.3) is 0 Å². The molecule has 2 heterocycles. The zero-order valence-electron chi connectivity index (χ0n) is 17.3. The van der Waals surface area contributed by atoms with Crippen LogP contribution in [0.5, 0.6) is 0 Å². The minimum absolute atomic E-state index is 0.132. The predicted molar refractivity (Wildman–Crippen MR) is 123 cm³/mol. The first-order valence-electron chi connectivity index (χ1n) is 10.2. The molecule has 3 nitrogen and oxygen atoms in total. The molecule has 2 aliphatic heterocycles. The Labute approximate surface area is 190 Å². The summed E-state index contributed by atoms with van der Waals surface area (Å²) in [7, 11) is 0. The zero-order valence-corrected chi connectivity index (χ0v) is 18.9. The summed E-state index contributed by atoms with van der Waals surface area (Å²) in [6.07, 6.45) is -2.27. The number of likely N-dealkylation sites (tertiary alicyclic amines) is 1. The largest absolute Gasteiger partial charge is 0.416 e. The van der Waals surface area contributed by atoms with Crippen molar-refractivity contribution in [3.8, 4) is 0 Å². The van der Waals surface area contributed by atoms with E-state index in [1.54, 1.807) is 35.2 Å². The van der Waals surface area contributed by atoms with Gasteiger partial charge in [0.15, 0.2) is 0 Å². The molecule has 0 amide bonds. The second kappa shape index (κ2) is 8.19. The molecule has 164 valence electrons. The number of halogens is 4. The molecule has 2 saturated heterocycles. The van der Waals surface area contributed by atoms with Crippen LogP contribution in [0.3, 0.4) is 0 Å². The number of hydrogen-bond donors (Lipinski definition) is 0. The van der Waals surface area contributed by atoms with Crippen molar-refractivity contribution in [2.24, 2.45) is 10.4 Å². The molecule has 0 saturated carbocycles. The van der Waals surface area contributed by atoms with Crippen molar-refractivity contribution < 1.29 is 13.2 Å². The van der Waals surface area contributed by atoms with Crippen molar-refractivity contribution in [3.05, 3.63) is 59.1 Å². The van der Waals surface area contributed by atoms with Gasteiger partial charge in [-0.2, -0.15) is 13.2 Å². The van der Waals surface area contributed by atoms with E-state index in [1.165, 1.54) is 6.07 Å². The molecule has 2 fully saturated rings. The second-order valence-electron chi connectivity index (χ2n) is 8.50. The normalized spacial score (nSPS) is 23.2. The van der Waals surface area contributed by atoms with E-state index < -0.39 is 17.2 Å². The van der Waals surface area contributed by atoms with Crippen LogP contribution in [-0.2, 0) is 6.18 Å². The topological polar surface area (TPSA) is 18.8 Å². The molecule has 31 heavy (non-hydrogen) atoms. The van der Waals surface area contributed by atoms with Gasteiger partial charge in [-0.25, -0.2) is 4.99 Å². The first-order chi connectivity index (χ1) is 14.6. The fraction of sp³-hybridized carbons (Fsp3) is 0.391. The van der Waals surface area contributed by atoms with Crippen LogP contribution < -0.4 is 4.90 Å². The Bertz CT molecular complexity index is 1010. The number of aliphatic imine (C=N–C) groups is 1. The van der Waals surface area contributed by atoms with E-state index in [-0.39, 0.29) is 6.04 Å². The molecule has 2 aliphatic rings. The van der Waals surface area contributed by atoms with Gasteiger partial charge < -0.3 is 0 Å². The summed E-state index contributed by atoms with van der Waals surface area (Å²) in [6, 6.07) is 12.3. The standard InChI is InChI=1S/C23H23ClF3N3S/c1-22(2)19(29-12-3-4-13-29)20(28-17-10-8-16(24)9-11-17)30(21(22)31)18-7-5-6-15(14-18)23(25,26)27/h5-11,14,19H,3-4,12-13H2,1-2H3/t19-/m1/s1. The fourth-order valence-electron chi connectivity index (χ4n) is 4.40. The summed E-state index contributed by atoms with van der Waals surface area (Å²) >= 11 is 11.9. The van der Waals surface area contributed by atoms with E-state index in [1.807, 2.05) is 13.8 Å². The summed E-state index contributed by atoms with van der Waals surface area (Å²) in [4.78, 5) is 9.53. The zero-order chi connectivity index (χ0) is 22.4. The van der Waals surface area contributed by atoms with E-state index in [2.05, 4.69) is 4.90 Å². The maximum absolute atomic E-state index is 13.4. The number of rotatable bonds is 3. The van der Waals surface area contributed by atoms with Crippen LogP contribution in [0.2, 0.25) is 5.02 Å². The lowest BCUT2D eigenvalue weighted by Crippen LogP contribution is -2.46. The van der Waals surface area contributed by atoms with E-state index >= 15 is 0 Å². The second-order valence-corrected chi connectivity index (χ2v) is 9.33. The Morgan fingerprint density at radius 3 is 2.32 bits per heavy atom. The number of benzene rings is 2. The third kappa shape index (κ3) is 4.23. The lowest BCUT2D eigenvalue weighted by Gasteiger charge is -2.32. The van der Waals surface area contributed by atoms with Crippen LogP contribution in [0, 0.1) is 5.41 Å². The van der Waals surface area contributed by atoms with Crippen molar-refractivity contribution in [3.63, 3.8) is 0 Å². The van der Waals surface area contributed by atoms with Crippen molar-refractivity contribution in [2.75, 3.05) is 18.0 Å². The smallest absolute Gasteiger partial charge is 0.293 e. The van der Waals surface area contributed by atoms with Gasteiger partial charge >= 0.3 is 6.18 Å². The van der Waals surface area contributed by atoms with Crippen molar-refractivity contribution in [1.82, 2.24) is 4.90 Å². The van der Waals surface area contributed by atoms with Crippen molar-refractivity contribution >= 4 is 46.0 Å². The van der Waals surface area contributed by atoms with Crippen LogP contribution in [0.15, 0.2) is 53.5 Å². The van der Waals surface area contributed by atoms with E-state index in [9.17, 15) is 13.2 Å². The monoisotopic (exact) mass is 465 g/mol. The Hall–Kier alpha value is -1.96. The van der Waals surface area contributed by atoms with Crippen molar-refractivity contribution in [2.45, 2.75) is 38.9 Å². The highest BCUT2D eigenvalue weighted by Gasteiger charge is 2.52. The van der Waals surface area contributed by atoms with Crippen molar-refractivity contribution in [1.29, 1.82) is 0 Å². The number of alkyl halides is 3. The first kappa shape index (κ1) is 22.2. The minimum Gasteiger partial charge on any atom is -0.293 e. The molecule has 2 aromatic rings. The van der Waals surface area contributed by atoms with Gasteiger partial charge in [0.05, 0.1) is 22.3 Å².